The zero-order chi connectivity index (χ0) is 25.3. The van der Waals surface area contributed by atoms with Crippen molar-refractivity contribution in [3.8, 4) is 22.6 Å². The van der Waals surface area contributed by atoms with Gasteiger partial charge in [-0.2, -0.15) is 5.10 Å². The number of carbonyl (C=O) groups is 2. The molecule has 0 saturated heterocycles. The fourth-order valence-electron chi connectivity index (χ4n) is 3.28. The van der Waals surface area contributed by atoms with Crippen LogP contribution < -0.4 is 14.9 Å². The molecular formula is C29H23ClN2O4. The molecule has 6 nitrogen and oxygen atoms in total. The lowest BCUT2D eigenvalue weighted by molar-refractivity contribution is -0.127. The summed E-state index contributed by atoms with van der Waals surface area (Å²) in [6.45, 7) is 1.65. The van der Waals surface area contributed by atoms with Gasteiger partial charge in [0, 0.05) is 5.02 Å². The average Bonchev–Trinajstić information content (AvgIpc) is 2.90. The van der Waals surface area contributed by atoms with Crippen molar-refractivity contribution < 1.29 is 19.1 Å². The van der Waals surface area contributed by atoms with Crippen LogP contribution in [0.4, 0.5) is 0 Å². The van der Waals surface area contributed by atoms with Gasteiger partial charge >= 0.3 is 5.97 Å². The molecule has 0 radical (unpaired) electrons. The van der Waals surface area contributed by atoms with Crippen LogP contribution in [0.5, 0.6) is 11.5 Å². The zero-order valence-electron chi connectivity index (χ0n) is 19.4. The van der Waals surface area contributed by atoms with Gasteiger partial charge in [0.1, 0.15) is 11.5 Å². The first-order chi connectivity index (χ1) is 17.5. The summed E-state index contributed by atoms with van der Waals surface area (Å²) < 4.78 is 11.1. The number of ether oxygens (including phenoxy) is 2. The van der Waals surface area contributed by atoms with E-state index in [1.165, 1.54) is 12.3 Å². The highest BCUT2D eigenvalue weighted by Crippen LogP contribution is 2.22. The number of halogens is 1. The molecule has 1 N–H and O–H groups in total. The van der Waals surface area contributed by atoms with Crippen molar-refractivity contribution in [1.29, 1.82) is 0 Å². The van der Waals surface area contributed by atoms with Gasteiger partial charge in [-0.15, -0.1) is 0 Å². The lowest BCUT2D eigenvalue weighted by Gasteiger charge is -2.13. The molecule has 4 aromatic carbocycles. The second-order valence-corrected chi connectivity index (χ2v) is 8.29. The van der Waals surface area contributed by atoms with Crippen LogP contribution >= 0.6 is 11.6 Å². The minimum absolute atomic E-state index is 0.360. The van der Waals surface area contributed by atoms with E-state index in [1.54, 1.807) is 49.4 Å². The van der Waals surface area contributed by atoms with Crippen LogP contribution in [0.25, 0.3) is 11.1 Å². The number of hydrazone groups is 1. The van der Waals surface area contributed by atoms with Crippen molar-refractivity contribution in [1.82, 2.24) is 5.43 Å². The molecule has 1 amide bonds. The standard InChI is InChI=1S/C29H23ClN2O4/c1-20(35-26-16-12-23(13-17-26)22-6-3-2-4-7-22)28(33)32-31-19-21-10-14-27(15-11-21)36-29(34)24-8-5-9-25(30)18-24/h2-20H,1H3,(H,32,33)/b31-19-/t20-/m0/s1. The monoisotopic (exact) mass is 498 g/mol. The van der Waals surface area contributed by atoms with Crippen LogP contribution in [0, 0.1) is 0 Å². The molecular weight excluding hydrogens is 476 g/mol. The number of nitrogens with one attached hydrogen (secondary N) is 1. The third-order valence-corrected chi connectivity index (χ3v) is 5.42. The van der Waals surface area contributed by atoms with Crippen LogP contribution in [0.1, 0.15) is 22.8 Å². The van der Waals surface area contributed by atoms with Gasteiger partial charge in [-0.1, -0.05) is 60.1 Å². The Bertz CT molecular complexity index is 1350. The topological polar surface area (TPSA) is 77.0 Å². The van der Waals surface area contributed by atoms with Gasteiger partial charge in [-0.25, -0.2) is 10.2 Å². The lowest BCUT2D eigenvalue weighted by atomic mass is 10.1. The number of amides is 1. The molecule has 0 aliphatic rings. The summed E-state index contributed by atoms with van der Waals surface area (Å²) in [6.07, 6.45) is 0.750. The zero-order valence-corrected chi connectivity index (χ0v) is 20.2. The van der Waals surface area contributed by atoms with Gasteiger partial charge in [0.05, 0.1) is 11.8 Å². The van der Waals surface area contributed by atoms with Crippen LogP contribution in [0.15, 0.2) is 108 Å². The first-order valence-corrected chi connectivity index (χ1v) is 11.6. The van der Waals surface area contributed by atoms with E-state index in [9.17, 15) is 9.59 Å². The molecule has 0 saturated carbocycles. The Hall–Kier alpha value is -4.42. The normalized spacial score (nSPS) is 11.6. The minimum atomic E-state index is -0.738. The maximum absolute atomic E-state index is 12.3. The second kappa shape index (κ2) is 11.8. The van der Waals surface area contributed by atoms with E-state index in [2.05, 4.69) is 10.5 Å². The van der Waals surface area contributed by atoms with Gasteiger partial charge in [-0.3, -0.25) is 4.79 Å². The molecule has 180 valence electrons. The number of benzene rings is 4. The fraction of sp³-hybridized carbons (Fsp3) is 0.0690. The van der Waals surface area contributed by atoms with Gasteiger partial charge in [-0.05, 0) is 78.2 Å². The Morgan fingerprint density at radius 3 is 2.19 bits per heavy atom. The van der Waals surface area contributed by atoms with Crippen LogP contribution in [-0.4, -0.2) is 24.2 Å². The molecule has 36 heavy (non-hydrogen) atoms. The van der Waals surface area contributed by atoms with Crippen molar-refractivity contribution in [3.05, 3.63) is 119 Å². The summed E-state index contributed by atoms with van der Waals surface area (Å²) in [6, 6.07) is 30.8. The summed E-state index contributed by atoms with van der Waals surface area (Å²) in [4.78, 5) is 24.6. The summed E-state index contributed by atoms with van der Waals surface area (Å²) in [5.74, 6) is 0.0750. The van der Waals surface area contributed by atoms with E-state index >= 15 is 0 Å². The molecule has 4 aromatic rings. The van der Waals surface area contributed by atoms with Gasteiger partial charge in [0.15, 0.2) is 6.10 Å². The molecule has 4 rings (SSSR count). The SMILES string of the molecule is C[C@H](Oc1ccc(-c2ccccc2)cc1)C(=O)N/N=C\c1ccc(OC(=O)c2cccc(Cl)c2)cc1. The van der Waals surface area contributed by atoms with Crippen LogP contribution in [-0.2, 0) is 4.79 Å². The number of hydrogen-bond donors (Lipinski definition) is 1. The molecule has 0 unspecified atom stereocenters. The Morgan fingerprint density at radius 2 is 1.50 bits per heavy atom. The number of esters is 1. The first-order valence-electron chi connectivity index (χ1n) is 11.2. The quantitative estimate of drug-likeness (QED) is 0.137. The number of carbonyl (C=O) groups excluding carboxylic acids is 2. The van der Waals surface area contributed by atoms with Crippen molar-refractivity contribution in [2.75, 3.05) is 0 Å². The number of rotatable bonds is 8. The lowest BCUT2D eigenvalue weighted by Crippen LogP contribution is -2.33. The van der Waals surface area contributed by atoms with Crippen LogP contribution in [0.2, 0.25) is 5.02 Å². The largest absolute Gasteiger partial charge is 0.481 e. The highest BCUT2D eigenvalue weighted by Gasteiger charge is 2.14. The molecule has 0 aliphatic carbocycles. The smallest absolute Gasteiger partial charge is 0.343 e. The van der Waals surface area contributed by atoms with Crippen molar-refractivity contribution in [2.45, 2.75) is 13.0 Å². The minimum Gasteiger partial charge on any atom is -0.481 e. The highest BCUT2D eigenvalue weighted by atomic mass is 35.5. The Balaban J connectivity index is 1.26. The maximum atomic E-state index is 12.3. The van der Waals surface area contributed by atoms with Crippen molar-refractivity contribution >= 4 is 29.7 Å². The third-order valence-electron chi connectivity index (χ3n) is 5.18. The summed E-state index contributed by atoms with van der Waals surface area (Å²) in [5, 5.41) is 4.44. The number of nitrogens with zero attached hydrogens (tertiary/aromatic N) is 1. The molecule has 0 heterocycles. The molecule has 0 spiro atoms. The van der Waals surface area contributed by atoms with Gasteiger partial charge in [0.2, 0.25) is 0 Å². The van der Waals surface area contributed by atoms with Gasteiger partial charge in [0.25, 0.3) is 5.91 Å². The fourth-order valence-corrected chi connectivity index (χ4v) is 3.47. The average molecular weight is 499 g/mol. The first kappa shape index (κ1) is 24.7. The molecule has 0 bridgehead atoms. The van der Waals surface area contributed by atoms with Gasteiger partial charge < -0.3 is 9.47 Å². The van der Waals surface area contributed by atoms with Crippen LogP contribution in [0.3, 0.4) is 0 Å². The summed E-state index contributed by atoms with van der Waals surface area (Å²) >= 11 is 5.91. The van der Waals surface area contributed by atoms with E-state index in [-0.39, 0.29) is 5.91 Å². The van der Waals surface area contributed by atoms with E-state index in [4.69, 9.17) is 21.1 Å². The Kier molecular flexibility index (Phi) is 8.11. The predicted octanol–water partition coefficient (Wildman–Crippen LogP) is 6.14. The molecule has 1 atom stereocenters. The predicted molar refractivity (Wildman–Crippen MR) is 141 cm³/mol. The van der Waals surface area contributed by atoms with Crippen molar-refractivity contribution in [2.24, 2.45) is 5.10 Å². The molecule has 0 fully saturated rings. The maximum Gasteiger partial charge on any atom is 0.343 e. The van der Waals surface area contributed by atoms with E-state index in [0.29, 0.717) is 27.6 Å². The molecule has 0 aromatic heterocycles. The second-order valence-electron chi connectivity index (χ2n) is 7.85. The summed E-state index contributed by atoms with van der Waals surface area (Å²) in [7, 11) is 0. The highest BCUT2D eigenvalue weighted by molar-refractivity contribution is 6.30. The Morgan fingerprint density at radius 1 is 0.833 bits per heavy atom. The van der Waals surface area contributed by atoms with E-state index in [0.717, 1.165) is 11.1 Å². The summed E-state index contributed by atoms with van der Waals surface area (Å²) in [5.41, 5.74) is 5.71. The Labute approximate surface area is 214 Å². The van der Waals surface area contributed by atoms with E-state index in [1.807, 2.05) is 54.6 Å². The van der Waals surface area contributed by atoms with Crippen molar-refractivity contribution in [3.63, 3.8) is 0 Å². The number of hydrogen-bond acceptors (Lipinski definition) is 5. The van der Waals surface area contributed by atoms with E-state index < -0.39 is 12.1 Å². The molecule has 0 aliphatic heterocycles. The third kappa shape index (κ3) is 6.81. The molecule has 7 heteroatoms.